The van der Waals surface area contributed by atoms with Crippen molar-refractivity contribution in [3.05, 3.63) is 75.9 Å². The Morgan fingerprint density at radius 3 is 2.22 bits per heavy atom. The summed E-state index contributed by atoms with van der Waals surface area (Å²) in [5.41, 5.74) is -0.987. The number of anilines is 1. The quantitative estimate of drug-likeness (QED) is 0.161. The maximum Gasteiger partial charge on any atom is 0.455 e. The summed E-state index contributed by atoms with van der Waals surface area (Å²) in [6.07, 6.45) is -8.31. The molecule has 3 aliphatic rings. The molecule has 0 bridgehead atoms. The van der Waals surface area contributed by atoms with E-state index < -0.39 is 72.0 Å². The first-order valence-electron chi connectivity index (χ1n) is 14.3. The first kappa shape index (κ1) is 32.8. The summed E-state index contributed by atoms with van der Waals surface area (Å²) in [5.74, 6) is -4.64. The number of imide groups is 1. The number of phenols is 1. The van der Waals surface area contributed by atoms with Crippen LogP contribution < -0.4 is 4.90 Å². The van der Waals surface area contributed by atoms with Crippen LogP contribution in [0.25, 0.3) is 6.08 Å². The summed E-state index contributed by atoms with van der Waals surface area (Å²) in [6.45, 7) is 1.95. The number of methoxy groups -OCH3 is 1. The molecule has 0 saturated carbocycles. The molecule has 1 aliphatic carbocycles. The van der Waals surface area contributed by atoms with Crippen LogP contribution in [0.15, 0.2) is 59.2 Å². The highest BCUT2D eigenvalue weighted by molar-refractivity contribution is 6.43. The Morgan fingerprint density at radius 2 is 1.64 bits per heavy atom. The van der Waals surface area contributed by atoms with E-state index in [0.717, 1.165) is 11.1 Å². The lowest BCUT2D eigenvalue weighted by Gasteiger charge is -2.43. The zero-order valence-electron chi connectivity index (χ0n) is 24.3. The van der Waals surface area contributed by atoms with Crippen LogP contribution in [0.5, 0.6) is 5.75 Å². The summed E-state index contributed by atoms with van der Waals surface area (Å²) in [4.78, 5) is 27.9. The second-order valence-electron chi connectivity index (χ2n) is 11.6. The fraction of sp³-hybridized carbons (Fsp3) is 0.419. The van der Waals surface area contributed by atoms with Crippen molar-refractivity contribution in [2.45, 2.75) is 51.0 Å². The van der Waals surface area contributed by atoms with E-state index in [1.54, 1.807) is 24.3 Å². The van der Waals surface area contributed by atoms with E-state index in [1.165, 1.54) is 7.11 Å². The van der Waals surface area contributed by atoms with Gasteiger partial charge in [0.1, 0.15) is 5.75 Å². The molecule has 0 spiro atoms. The van der Waals surface area contributed by atoms with Crippen LogP contribution in [0, 0.1) is 17.8 Å². The summed E-state index contributed by atoms with van der Waals surface area (Å²) in [5, 5.41) is 20.2. The third-order valence-electron chi connectivity index (χ3n) is 8.56. The second kappa shape index (κ2) is 12.3. The highest BCUT2D eigenvalue weighted by Gasteiger charge is 2.58. The Bertz CT molecular complexity index is 1500. The average molecular weight is 637 g/mol. The molecule has 2 amide bonds. The molecule has 14 heteroatoms. The van der Waals surface area contributed by atoms with Crippen LogP contribution in [0.4, 0.5) is 32.0 Å². The lowest BCUT2D eigenvalue weighted by Crippen LogP contribution is -2.46. The summed E-state index contributed by atoms with van der Waals surface area (Å²) >= 11 is 0. The molecule has 0 radical (unpaired) electrons. The number of fused-ring (bicyclic) bond motifs is 3. The number of amides is 2. The monoisotopic (exact) mass is 637 g/mol. The molecule has 240 valence electrons. The molecule has 2 saturated heterocycles. The van der Waals surface area contributed by atoms with Gasteiger partial charge >= 0.3 is 19.5 Å². The minimum atomic E-state index is -5.16. The Hall–Kier alpha value is -3.62. The number of carbonyl (C=O) groups is 2. The van der Waals surface area contributed by atoms with Crippen LogP contribution in [0.1, 0.15) is 42.9 Å². The van der Waals surface area contributed by atoms with Crippen LogP contribution >= 0.6 is 0 Å². The van der Waals surface area contributed by atoms with Crippen molar-refractivity contribution >= 4 is 30.7 Å². The van der Waals surface area contributed by atoms with Gasteiger partial charge in [0, 0.05) is 7.11 Å². The van der Waals surface area contributed by atoms with Crippen LogP contribution in [0.2, 0.25) is 6.32 Å². The lowest BCUT2D eigenvalue weighted by molar-refractivity contribution is -0.143. The largest absolute Gasteiger partial charge is 0.508 e. The van der Waals surface area contributed by atoms with Gasteiger partial charge in [-0.2, -0.15) is 26.3 Å². The number of nitrogens with zero attached hydrogens (tertiary/aromatic N) is 1. The van der Waals surface area contributed by atoms with E-state index in [0.29, 0.717) is 41.0 Å². The van der Waals surface area contributed by atoms with Crippen molar-refractivity contribution in [2.75, 3.05) is 18.6 Å². The number of carbonyl (C=O) groups excluding carboxylic acids is 2. The molecule has 45 heavy (non-hydrogen) atoms. The van der Waals surface area contributed by atoms with E-state index >= 15 is 0 Å². The molecule has 2 fully saturated rings. The second-order valence-corrected chi connectivity index (χ2v) is 11.6. The zero-order chi connectivity index (χ0) is 32.8. The van der Waals surface area contributed by atoms with Gasteiger partial charge in [0.2, 0.25) is 11.8 Å². The first-order chi connectivity index (χ1) is 21.1. The Morgan fingerprint density at radius 1 is 1.02 bits per heavy atom. The summed E-state index contributed by atoms with van der Waals surface area (Å²) < 4.78 is 92.8. The number of hydrogen-bond donors (Lipinski definition) is 2. The average Bonchev–Trinajstić information content (AvgIpc) is 3.21. The molecule has 0 aromatic heterocycles. The molecule has 2 aromatic rings. The molecular weight excluding hydrogens is 607 g/mol. The topological polar surface area (TPSA) is 96.3 Å². The minimum absolute atomic E-state index is 0.00517. The number of ether oxygens (including phenoxy) is 1. The molecule has 2 aliphatic heterocycles. The minimum Gasteiger partial charge on any atom is -0.508 e. The van der Waals surface area contributed by atoms with Gasteiger partial charge < -0.3 is 19.5 Å². The normalized spacial score (nSPS) is 24.3. The SMILES string of the molecule is COCC1=C2[C@@H](CC/C(C)=C/c3ccc(O)cc3)OB(O)C[C@@H]2[C@@H]2C(=O)N(c3cc(C(F)(F)F)cc(C(F)(F)F)c3)C(=O)[C@@H]2C1. The van der Waals surface area contributed by atoms with Crippen LogP contribution in [-0.4, -0.2) is 48.9 Å². The van der Waals surface area contributed by atoms with Gasteiger partial charge in [-0.15, -0.1) is 0 Å². The number of allylic oxidation sites excluding steroid dienone is 1. The van der Waals surface area contributed by atoms with Gasteiger partial charge in [-0.25, -0.2) is 4.90 Å². The number of alkyl halides is 6. The van der Waals surface area contributed by atoms with E-state index in [-0.39, 0.29) is 31.2 Å². The van der Waals surface area contributed by atoms with Gasteiger partial charge in [0.25, 0.3) is 0 Å². The Labute approximate surface area is 255 Å². The third kappa shape index (κ3) is 6.68. The number of halogens is 6. The van der Waals surface area contributed by atoms with E-state index in [4.69, 9.17) is 9.39 Å². The highest BCUT2D eigenvalue weighted by atomic mass is 19.4. The van der Waals surface area contributed by atoms with Crippen molar-refractivity contribution in [2.24, 2.45) is 17.8 Å². The fourth-order valence-corrected chi connectivity index (χ4v) is 6.68. The van der Waals surface area contributed by atoms with Gasteiger partial charge in [-0.1, -0.05) is 23.8 Å². The van der Waals surface area contributed by atoms with Gasteiger partial charge in [0.05, 0.1) is 41.4 Å². The number of rotatable bonds is 7. The third-order valence-corrected chi connectivity index (χ3v) is 8.56. The molecular formula is C31H30BF6NO6. The van der Waals surface area contributed by atoms with Crippen molar-refractivity contribution in [1.82, 2.24) is 0 Å². The van der Waals surface area contributed by atoms with Crippen molar-refractivity contribution in [3.8, 4) is 5.75 Å². The fourth-order valence-electron chi connectivity index (χ4n) is 6.68. The van der Waals surface area contributed by atoms with Crippen molar-refractivity contribution in [3.63, 3.8) is 0 Å². The van der Waals surface area contributed by atoms with Crippen LogP contribution in [-0.2, 0) is 31.3 Å². The number of phenolic OH excluding ortho intramolecular Hbond substituents is 1. The first-order valence-corrected chi connectivity index (χ1v) is 14.3. The van der Waals surface area contributed by atoms with E-state index in [1.807, 2.05) is 13.0 Å². The van der Waals surface area contributed by atoms with Gasteiger partial charge in [0.15, 0.2) is 0 Å². The molecule has 2 aromatic carbocycles. The van der Waals surface area contributed by atoms with Gasteiger partial charge in [-0.05, 0) is 85.5 Å². The highest BCUT2D eigenvalue weighted by Crippen LogP contribution is 2.52. The predicted molar refractivity (Wildman–Crippen MR) is 152 cm³/mol. The lowest BCUT2D eigenvalue weighted by atomic mass is 9.58. The number of benzene rings is 2. The molecule has 5 rings (SSSR count). The smallest absolute Gasteiger partial charge is 0.455 e. The van der Waals surface area contributed by atoms with Crippen molar-refractivity contribution < 1.29 is 55.5 Å². The van der Waals surface area contributed by atoms with Crippen LogP contribution in [0.3, 0.4) is 0 Å². The zero-order valence-corrected chi connectivity index (χ0v) is 24.3. The Balaban J connectivity index is 1.48. The van der Waals surface area contributed by atoms with E-state index in [2.05, 4.69) is 0 Å². The van der Waals surface area contributed by atoms with Gasteiger partial charge in [-0.3, -0.25) is 9.59 Å². The molecule has 0 unspecified atom stereocenters. The summed E-state index contributed by atoms with van der Waals surface area (Å²) in [7, 11) is 0.108. The number of hydrogen-bond acceptors (Lipinski definition) is 6. The predicted octanol–water partition coefficient (Wildman–Crippen LogP) is 6.26. The van der Waals surface area contributed by atoms with E-state index in [9.17, 15) is 46.1 Å². The number of aromatic hydroxyl groups is 1. The maximum atomic E-state index is 13.8. The standard InChI is InChI=1S/C31H30BF6NO6/c1-16(9-17-4-6-22(40)7-5-17)3-8-25-26-18(15-44-2)10-23-27(24(26)14-32(43)45-25)29(42)39(28(23)41)21-12-19(30(33,34)35)11-20(13-21)31(36,37)38/h4-7,9,11-13,23-25,27,40,43H,3,8,10,14-15H2,1-2H3/b16-9+/t23-,24+,25-,27-/m1/s1. The molecule has 4 atom stereocenters. The Kier molecular flexibility index (Phi) is 8.95. The maximum absolute atomic E-state index is 13.8. The van der Waals surface area contributed by atoms with Crippen molar-refractivity contribution in [1.29, 1.82) is 0 Å². The molecule has 2 N–H and O–H groups in total. The summed E-state index contributed by atoms with van der Waals surface area (Å²) in [6, 6.07) is 7.28. The molecule has 2 heterocycles. The molecule has 7 nitrogen and oxygen atoms in total.